The van der Waals surface area contributed by atoms with Crippen LogP contribution in [0.2, 0.25) is 0 Å². The van der Waals surface area contributed by atoms with Crippen molar-refractivity contribution in [3.63, 3.8) is 0 Å². The number of halogens is 1. The van der Waals surface area contributed by atoms with Crippen molar-refractivity contribution in [2.45, 2.75) is 45.1 Å². The van der Waals surface area contributed by atoms with Crippen molar-refractivity contribution < 1.29 is 9.13 Å². The van der Waals surface area contributed by atoms with Crippen LogP contribution in [-0.4, -0.2) is 21.7 Å². The van der Waals surface area contributed by atoms with Gasteiger partial charge in [0.25, 0.3) is 0 Å². The first kappa shape index (κ1) is 18.8. The van der Waals surface area contributed by atoms with E-state index in [1.807, 2.05) is 24.3 Å². The van der Waals surface area contributed by atoms with E-state index in [1.54, 1.807) is 0 Å². The second-order valence-electron chi connectivity index (χ2n) is 6.60. The van der Waals surface area contributed by atoms with E-state index in [0.717, 1.165) is 18.6 Å². The molecule has 1 aliphatic rings. The minimum atomic E-state index is -0.670. The molecule has 0 N–H and O–H groups in total. The zero-order valence-electron chi connectivity index (χ0n) is 14.8. The van der Waals surface area contributed by atoms with Gasteiger partial charge in [-0.2, -0.15) is 14.4 Å². The van der Waals surface area contributed by atoms with Crippen LogP contribution in [0.25, 0.3) is 11.3 Å². The van der Waals surface area contributed by atoms with E-state index >= 15 is 0 Å². The Bertz CT molecular complexity index is 782. The molecule has 4 nitrogen and oxygen atoms in total. The van der Waals surface area contributed by atoms with Crippen molar-refractivity contribution in [2.75, 3.05) is 6.61 Å². The lowest BCUT2D eigenvalue weighted by atomic mass is 9.91. The number of benzene rings is 1. The largest absolute Gasteiger partial charge is 0.373 e. The Balaban J connectivity index is 1.67. The predicted molar refractivity (Wildman–Crippen MR) is 103 cm³/mol. The Morgan fingerprint density at radius 2 is 2.12 bits per heavy atom. The van der Waals surface area contributed by atoms with Crippen molar-refractivity contribution in [3.05, 3.63) is 42.0 Å². The maximum atomic E-state index is 14.1. The van der Waals surface area contributed by atoms with Crippen LogP contribution in [0.3, 0.4) is 0 Å². The second kappa shape index (κ2) is 9.08. The quantitative estimate of drug-likeness (QED) is 0.484. The van der Waals surface area contributed by atoms with Gasteiger partial charge in [0.15, 0.2) is 5.82 Å². The molecule has 6 heteroatoms. The number of hydrogen-bond acceptors (Lipinski definition) is 5. The molecule has 0 radical (unpaired) electrons. The number of rotatable bonds is 6. The predicted octanol–water partition coefficient (Wildman–Crippen LogP) is 5.67. The summed E-state index contributed by atoms with van der Waals surface area (Å²) >= 11 is 4.49. The zero-order valence-corrected chi connectivity index (χ0v) is 15.6. The summed E-state index contributed by atoms with van der Waals surface area (Å²) in [4.78, 5) is 11.5. The van der Waals surface area contributed by atoms with Crippen LogP contribution in [0.1, 0.15) is 50.7 Å². The summed E-state index contributed by atoms with van der Waals surface area (Å²) < 4.78 is 20.2. The smallest absolute Gasteiger partial charge is 0.241 e. The fraction of sp³-hybridized carbons (Fsp3) is 0.450. The van der Waals surface area contributed by atoms with Gasteiger partial charge in [0, 0.05) is 5.56 Å². The first-order valence-corrected chi connectivity index (χ1v) is 9.44. The molecule has 1 aliphatic heterocycles. The third-order valence-electron chi connectivity index (χ3n) is 4.77. The van der Waals surface area contributed by atoms with Crippen molar-refractivity contribution >= 4 is 23.2 Å². The van der Waals surface area contributed by atoms with Crippen LogP contribution in [0.15, 0.2) is 35.5 Å². The van der Waals surface area contributed by atoms with Gasteiger partial charge in [-0.25, -0.2) is 4.98 Å². The molecule has 1 unspecified atom stereocenters. The number of isothiocyanates is 1. The number of nitrogens with zero attached hydrogens (tertiary/aromatic N) is 3. The maximum Gasteiger partial charge on any atom is 0.241 e. The van der Waals surface area contributed by atoms with Gasteiger partial charge in [-0.05, 0) is 43.0 Å². The fourth-order valence-corrected chi connectivity index (χ4v) is 3.39. The molecule has 1 saturated heterocycles. The summed E-state index contributed by atoms with van der Waals surface area (Å²) in [6.07, 6.45) is 7.50. The molecule has 3 rings (SSSR count). The van der Waals surface area contributed by atoms with Gasteiger partial charge >= 0.3 is 0 Å². The summed E-state index contributed by atoms with van der Waals surface area (Å²) in [5, 5.41) is 2.15. The summed E-state index contributed by atoms with van der Waals surface area (Å²) in [5.41, 5.74) is 2.00. The maximum absolute atomic E-state index is 14.1. The molecule has 1 aromatic carbocycles. The fourth-order valence-electron chi connectivity index (χ4n) is 3.30. The third-order valence-corrected chi connectivity index (χ3v) is 4.86. The van der Waals surface area contributed by atoms with Crippen molar-refractivity contribution in [2.24, 2.45) is 10.9 Å². The first-order chi connectivity index (χ1) is 12.7. The molecule has 2 aromatic rings. The lowest BCUT2D eigenvalue weighted by Crippen LogP contribution is -2.20. The molecule has 2 heterocycles. The van der Waals surface area contributed by atoms with Crippen LogP contribution in [-0.2, 0) is 4.74 Å². The van der Waals surface area contributed by atoms with Gasteiger partial charge in [0.1, 0.15) is 5.69 Å². The van der Waals surface area contributed by atoms with Crippen molar-refractivity contribution in [1.29, 1.82) is 0 Å². The molecule has 0 spiro atoms. The van der Waals surface area contributed by atoms with Gasteiger partial charge in [-0.1, -0.05) is 44.0 Å². The number of aromatic nitrogens is 2. The third kappa shape index (κ3) is 4.58. The average molecular weight is 371 g/mol. The van der Waals surface area contributed by atoms with E-state index in [1.165, 1.54) is 31.9 Å². The molecule has 26 heavy (non-hydrogen) atoms. The minimum Gasteiger partial charge on any atom is -0.373 e. The van der Waals surface area contributed by atoms with Gasteiger partial charge in [-0.15, -0.1) is 0 Å². The van der Waals surface area contributed by atoms with Crippen LogP contribution in [0.5, 0.6) is 0 Å². The summed E-state index contributed by atoms with van der Waals surface area (Å²) in [5.74, 6) is 0.131. The molecule has 0 saturated carbocycles. The second-order valence-corrected chi connectivity index (χ2v) is 6.78. The number of aliphatic imine (C=N–C) groups is 1. The van der Waals surface area contributed by atoms with Crippen LogP contribution in [0, 0.1) is 11.9 Å². The Morgan fingerprint density at radius 1 is 1.31 bits per heavy atom. The number of ether oxygens (including phenoxy) is 1. The SMILES string of the molecule is CCCCC1CC[C@@H](c2ccc(-c3ncc(N=C=S)nc3F)cc2)OC1. The number of thiocarbonyl (C=S) groups is 1. The molecule has 136 valence electrons. The number of unbranched alkanes of at least 4 members (excludes halogenated alkanes) is 1. The molecular weight excluding hydrogens is 349 g/mol. The van der Waals surface area contributed by atoms with Crippen LogP contribution >= 0.6 is 12.2 Å². The average Bonchev–Trinajstić information content (AvgIpc) is 2.67. The monoisotopic (exact) mass is 371 g/mol. The molecule has 0 amide bonds. The van der Waals surface area contributed by atoms with E-state index < -0.39 is 5.95 Å². The highest BCUT2D eigenvalue weighted by Crippen LogP contribution is 2.33. The van der Waals surface area contributed by atoms with Crippen LogP contribution in [0.4, 0.5) is 10.2 Å². The van der Waals surface area contributed by atoms with Crippen molar-refractivity contribution in [1.82, 2.24) is 9.97 Å². The van der Waals surface area contributed by atoms with Gasteiger partial charge in [0.05, 0.1) is 24.1 Å². The Kier molecular flexibility index (Phi) is 6.56. The van der Waals surface area contributed by atoms with Gasteiger partial charge in [-0.3, -0.25) is 0 Å². The Morgan fingerprint density at radius 3 is 2.73 bits per heavy atom. The molecule has 0 aliphatic carbocycles. The van der Waals surface area contributed by atoms with Crippen LogP contribution < -0.4 is 0 Å². The van der Waals surface area contributed by atoms with Gasteiger partial charge < -0.3 is 4.74 Å². The summed E-state index contributed by atoms with van der Waals surface area (Å²) in [6.45, 7) is 3.05. The normalized spacial score (nSPS) is 19.8. The highest BCUT2D eigenvalue weighted by atomic mass is 32.1. The van der Waals surface area contributed by atoms with Crippen molar-refractivity contribution in [3.8, 4) is 11.3 Å². The Labute approximate surface area is 158 Å². The summed E-state index contributed by atoms with van der Waals surface area (Å²) in [6, 6.07) is 7.68. The van der Waals surface area contributed by atoms with E-state index in [4.69, 9.17) is 4.74 Å². The highest BCUT2D eigenvalue weighted by Gasteiger charge is 2.22. The minimum absolute atomic E-state index is 0.117. The molecule has 0 bridgehead atoms. The van der Waals surface area contributed by atoms with E-state index in [2.05, 4.69) is 39.3 Å². The standard InChI is InChI=1S/C20H22FN3OS/c1-2-3-4-14-5-10-17(25-12-14)15-6-8-16(9-7-15)19-20(21)24-18(11-22-19)23-13-26/h6-9,11,14,17H,2-5,10,12H2,1H3/t14?,17-/m0/s1. The highest BCUT2D eigenvalue weighted by molar-refractivity contribution is 7.78. The number of hydrogen-bond donors (Lipinski definition) is 0. The molecule has 2 atom stereocenters. The molecular formula is C20H22FN3OS. The topological polar surface area (TPSA) is 47.4 Å². The lowest BCUT2D eigenvalue weighted by Gasteiger charge is -2.29. The molecule has 1 fully saturated rings. The van der Waals surface area contributed by atoms with E-state index in [9.17, 15) is 4.39 Å². The lowest BCUT2D eigenvalue weighted by molar-refractivity contribution is -0.0197. The Hall–Kier alpha value is -2.01. The van der Waals surface area contributed by atoms with E-state index in [-0.39, 0.29) is 17.6 Å². The van der Waals surface area contributed by atoms with E-state index in [0.29, 0.717) is 11.5 Å². The first-order valence-electron chi connectivity index (χ1n) is 9.03. The summed E-state index contributed by atoms with van der Waals surface area (Å²) in [7, 11) is 0. The zero-order chi connectivity index (χ0) is 18.4. The molecule has 1 aromatic heterocycles. The van der Waals surface area contributed by atoms with Gasteiger partial charge in [0.2, 0.25) is 5.95 Å².